The summed E-state index contributed by atoms with van der Waals surface area (Å²) in [6, 6.07) is 16.0. The third-order valence-electron chi connectivity index (χ3n) is 6.39. The van der Waals surface area contributed by atoms with E-state index in [2.05, 4.69) is 5.32 Å². The number of piperidine rings is 1. The molecule has 4 heterocycles. The van der Waals surface area contributed by atoms with Crippen LogP contribution in [0.3, 0.4) is 0 Å². The lowest BCUT2D eigenvalue weighted by molar-refractivity contribution is -0.130. The minimum absolute atomic E-state index is 0.00532. The van der Waals surface area contributed by atoms with E-state index in [1.807, 2.05) is 29.7 Å². The number of aryl methyl sites for hydroxylation is 1. The maximum Gasteiger partial charge on any atom is 0.270 e. The summed E-state index contributed by atoms with van der Waals surface area (Å²) >= 11 is 0. The summed E-state index contributed by atoms with van der Waals surface area (Å²) in [4.78, 5) is 40.5. The van der Waals surface area contributed by atoms with Gasteiger partial charge in [-0.2, -0.15) is 0 Å². The highest BCUT2D eigenvalue weighted by molar-refractivity contribution is 6.05. The third kappa shape index (κ3) is 4.26. The minimum atomic E-state index is -0.352. The fourth-order valence-corrected chi connectivity index (χ4v) is 4.80. The second-order valence-electron chi connectivity index (χ2n) is 8.80. The highest BCUT2D eigenvalue weighted by atomic mass is 16.3. The number of pyridine rings is 1. The van der Waals surface area contributed by atoms with E-state index in [1.165, 1.54) is 6.26 Å². The van der Waals surface area contributed by atoms with E-state index in [9.17, 15) is 14.4 Å². The SMILES string of the molecule is Cc1ccc(C(=O)NC(=Cc2ccco2)C(=O)N2CC3CC(C2)c2cccc(=O)n2C3)cc1. The Bertz CT molecular complexity index is 1270. The zero-order valence-corrected chi connectivity index (χ0v) is 18.4. The number of nitrogens with one attached hydrogen (secondary N) is 1. The quantitative estimate of drug-likeness (QED) is 0.628. The van der Waals surface area contributed by atoms with Gasteiger partial charge in [-0.25, -0.2) is 0 Å². The number of hydrogen-bond donors (Lipinski definition) is 1. The van der Waals surface area contributed by atoms with Crippen molar-refractivity contribution in [3.8, 4) is 0 Å². The molecule has 1 N–H and O–H groups in total. The maximum atomic E-state index is 13.6. The lowest BCUT2D eigenvalue weighted by Gasteiger charge is -2.42. The van der Waals surface area contributed by atoms with Crippen LogP contribution in [-0.4, -0.2) is 34.4 Å². The monoisotopic (exact) mass is 443 g/mol. The molecule has 2 aliphatic rings. The highest BCUT2D eigenvalue weighted by Crippen LogP contribution is 2.35. The van der Waals surface area contributed by atoms with Crippen LogP contribution in [0.25, 0.3) is 6.08 Å². The smallest absolute Gasteiger partial charge is 0.270 e. The number of benzene rings is 1. The van der Waals surface area contributed by atoms with Gasteiger partial charge in [0.05, 0.1) is 6.26 Å². The molecule has 2 bridgehead atoms. The Morgan fingerprint density at radius 1 is 1.03 bits per heavy atom. The van der Waals surface area contributed by atoms with Crippen LogP contribution in [0, 0.1) is 12.8 Å². The summed E-state index contributed by atoms with van der Waals surface area (Å²) < 4.78 is 7.24. The van der Waals surface area contributed by atoms with Gasteiger partial charge in [0.2, 0.25) is 0 Å². The summed E-state index contributed by atoms with van der Waals surface area (Å²) in [5.41, 5.74) is 2.67. The van der Waals surface area contributed by atoms with Gasteiger partial charge in [-0.15, -0.1) is 0 Å². The molecule has 2 aromatic heterocycles. The van der Waals surface area contributed by atoms with Gasteiger partial charge in [-0.05, 0) is 49.6 Å². The minimum Gasteiger partial charge on any atom is -0.465 e. The van der Waals surface area contributed by atoms with Gasteiger partial charge in [0.15, 0.2) is 0 Å². The molecule has 1 fully saturated rings. The van der Waals surface area contributed by atoms with Crippen molar-refractivity contribution in [2.24, 2.45) is 5.92 Å². The zero-order chi connectivity index (χ0) is 22.9. The maximum absolute atomic E-state index is 13.6. The van der Waals surface area contributed by atoms with Gasteiger partial charge < -0.3 is 19.2 Å². The van der Waals surface area contributed by atoms with Crippen LogP contribution in [0.2, 0.25) is 0 Å². The Balaban J connectivity index is 1.41. The summed E-state index contributed by atoms with van der Waals surface area (Å²) in [6.07, 6.45) is 4.03. The number of likely N-dealkylation sites (tertiary alicyclic amines) is 1. The molecule has 7 nitrogen and oxygen atoms in total. The molecular weight excluding hydrogens is 418 g/mol. The van der Waals surface area contributed by atoms with E-state index in [1.54, 1.807) is 47.4 Å². The summed E-state index contributed by atoms with van der Waals surface area (Å²) in [6.45, 7) is 3.58. The molecule has 3 aromatic rings. The fraction of sp³-hybridized carbons (Fsp3) is 0.269. The van der Waals surface area contributed by atoms with Gasteiger partial charge in [-0.3, -0.25) is 14.4 Å². The molecule has 1 saturated heterocycles. The zero-order valence-electron chi connectivity index (χ0n) is 18.4. The average Bonchev–Trinajstić information content (AvgIpc) is 3.32. The van der Waals surface area contributed by atoms with E-state index < -0.39 is 0 Å². The van der Waals surface area contributed by atoms with Crippen molar-refractivity contribution in [2.75, 3.05) is 13.1 Å². The number of furan rings is 1. The largest absolute Gasteiger partial charge is 0.465 e. The van der Waals surface area contributed by atoms with Crippen LogP contribution < -0.4 is 10.9 Å². The van der Waals surface area contributed by atoms with Crippen LogP contribution in [-0.2, 0) is 11.3 Å². The van der Waals surface area contributed by atoms with Crippen molar-refractivity contribution in [1.29, 1.82) is 0 Å². The van der Waals surface area contributed by atoms with Crippen molar-refractivity contribution in [3.05, 3.63) is 99.5 Å². The molecule has 0 spiro atoms. The first-order valence-electron chi connectivity index (χ1n) is 11.1. The molecule has 168 valence electrons. The fourth-order valence-electron chi connectivity index (χ4n) is 4.80. The predicted octanol–water partition coefficient (Wildman–Crippen LogP) is 3.17. The van der Waals surface area contributed by atoms with Crippen LogP contribution in [0.5, 0.6) is 0 Å². The van der Waals surface area contributed by atoms with Gasteiger partial charge >= 0.3 is 0 Å². The van der Waals surface area contributed by atoms with Crippen molar-refractivity contribution in [3.63, 3.8) is 0 Å². The number of carbonyl (C=O) groups is 2. The molecule has 0 aliphatic carbocycles. The molecule has 1 aromatic carbocycles. The number of aromatic nitrogens is 1. The molecule has 7 heteroatoms. The summed E-state index contributed by atoms with van der Waals surface area (Å²) in [5.74, 6) is 0.159. The number of nitrogens with zero attached hydrogens (tertiary/aromatic N) is 2. The second kappa shape index (κ2) is 8.58. The number of carbonyl (C=O) groups excluding carboxylic acids is 2. The van der Waals surface area contributed by atoms with Crippen molar-refractivity contribution in [1.82, 2.24) is 14.8 Å². The summed E-state index contributed by atoms with van der Waals surface area (Å²) in [7, 11) is 0. The van der Waals surface area contributed by atoms with Gasteiger partial charge in [0.1, 0.15) is 11.5 Å². The number of rotatable bonds is 4. The van der Waals surface area contributed by atoms with Crippen molar-refractivity contribution in [2.45, 2.75) is 25.8 Å². The van der Waals surface area contributed by atoms with Gasteiger partial charge in [0.25, 0.3) is 17.4 Å². The number of amides is 2. The predicted molar refractivity (Wildman–Crippen MR) is 123 cm³/mol. The lowest BCUT2D eigenvalue weighted by Crippen LogP contribution is -2.50. The van der Waals surface area contributed by atoms with Crippen LogP contribution in [0.15, 0.2) is 75.8 Å². The van der Waals surface area contributed by atoms with E-state index in [-0.39, 0.29) is 34.9 Å². The molecule has 2 unspecified atom stereocenters. The standard InChI is InChI=1S/C26H25N3O4/c1-17-7-9-19(10-8-17)25(31)27-22(13-21-4-3-11-33-21)26(32)28-14-18-12-20(16-28)23-5-2-6-24(30)29(23)15-18/h2-11,13,18,20H,12,14-16H2,1H3,(H,27,31). The molecular formula is C26H25N3O4. The Kier molecular flexibility index (Phi) is 5.46. The highest BCUT2D eigenvalue weighted by Gasteiger charge is 2.37. The molecule has 0 radical (unpaired) electrons. The summed E-state index contributed by atoms with van der Waals surface area (Å²) in [5, 5.41) is 2.80. The van der Waals surface area contributed by atoms with Crippen molar-refractivity contribution < 1.29 is 14.0 Å². The Morgan fingerprint density at radius 3 is 2.61 bits per heavy atom. The Hall–Kier alpha value is -3.87. The number of fused-ring (bicyclic) bond motifs is 4. The van der Waals surface area contributed by atoms with Crippen LogP contribution in [0.4, 0.5) is 0 Å². The molecule has 2 atom stereocenters. The lowest BCUT2D eigenvalue weighted by atomic mass is 9.83. The first-order valence-corrected chi connectivity index (χ1v) is 11.1. The normalized spacial score (nSPS) is 19.7. The van der Waals surface area contributed by atoms with E-state index in [0.29, 0.717) is 31.0 Å². The molecule has 5 rings (SSSR count). The first-order chi connectivity index (χ1) is 16.0. The molecule has 2 amide bonds. The number of hydrogen-bond acceptors (Lipinski definition) is 4. The molecule has 33 heavy (non-hydrogen) atoms. The van der Waals surface area contributed by atoms with Crippen LogP contribution >= 0.6 is 0 Å². The van der Waals surface area contributed by atoms with E-state index in [4.69, 9.17) is 4.42 Å². The Labute approximate surface area is 191 Å². The molecule has 0 saturated carbocycles. The average molecular weight is 444 g/mol. The third-order valence-corrected chi connectivity index (χ3v) is 6.39. The Morgan fingerprint density at radius 2 is 1.85 bits per heavy atom. The van der Waals surface area contributed by atoms with Gasteiger partial charge in [-0.1, -0.05) is 23.8 Å². The van der Waals surface area contributed by atoms with Gasteiger partial charge in [0, 0.05) is 49.0 Å². The van der Waals surface area contributed by atoms with E-state index >= 15 is 0 Å². The van der Waals surface area contributed by atoms with Crippen LogP contribution in [0.1, 0.15) is 39.7 Å². The first kappa shape index (κ1) is 21.0. The van der Waals surface area contributed by atoms with Crippen molar-refractivity contribution >= 4 is 17.9 Å². The second-order valence-corrected chi connectivity index (χ2v) is 8.80. The topological polar surface area (TPSA) is 84.6 Å². The molecule has 2 aliphatic heterocycles. The van der Waals surface area contributed by atoms with E-state index in [0.717, 1.165) is 17.7 Å².